The highest BCUT2D eigenvalue weighted by Crippen LogP contribution is 2.16. The van der Waals surface area contributed by atoms with Crippen LogP contribution in [0.4, 0.5) is 0 Å². The third-order valence-corrected chi connectivity index (χ3v) is 14.2. The first kappa shape index (κ1) is 75.8. The molecule has 0 rings (SSSR count). The summed E-state index contributed by atoms with van der Waals surface area (Å²) in [5.74, 6) is -0.892. The molecule has 0 saturated heterocycles. The molecule has 0 aromatic carbocycles. The Morgan fingerprint density at radius 1 is 0.263 bits per heavy atom. The lowest BCUT2D eigenvalue weighted by molar-refractivity contribution is -0.167. The van der Waals surface area contributed by atoms with E-state index < -0.39 is 6.10 Å². The monoisotopic (exact) mass is 1110 g/mol. The zero-order valence-electron chi connectivity index (χ0n) is 52.3. The number of hydrogen-bond acceptors (Lipinski definition) is 6. The molecule has 0 N–H and O–H groups in total. The topological polar surface area (TPSA) is 78.9 Å². The van der Waals surface area contributed by atoms with E-state index in [-0.39, 0.29) is 31.1 Å². The number of unbranched alkanes of at least 4 members (excludes halogenated alkanes) is 29. The molecular weight excluding hydrogens is 985 g/mol. The standard InChI is InChI=1S/C74H124O6/c1-4-7-10-13-16-19-22-24-26-28-29-30-31-32-33-34-35-36-37-38-39-40-41-42-43-44-45-47-48-50-52-55-58-61-64-67-73(76)79-70-71(69-78-72(75)66-63-60-57-54-21-18-15-12-9-6-3)80-74(77)68-65-62-59-56-53-51-49-46-27-25-23-20-17-14-11-8-5-2/h7,10,16,19,24-27,29-30,32-33,35-36,38-39,41-42,44-45,71H,4-6,8-9,11-15,17-18,20-23,28,31,34,37,40,43,46-70H2,1-3H3/b10-7-,19-16-,26-24-,27-25-,30-29-,33-32-,36-35-,39-38-,42-41-,45-44-. The van der Waals surface area contributed by atoms with E-state index in [1.807, 2.05) is 0 Å². The van der Waals surface area contributed by atoms with Crippen LogP contribution in [0, 0.1) is 0 Å². The average Bonchev–Trinajstić information content (AvgIpc) is 3.46. The maximum absolute atomic E-state index is 12.9. The van der Waals surface area contributed by atoms with Crippen molar-refractivity contribution in [3.8, 4) is 0 Å². The molecular formula is C74H124O6. The van der Waals surface area contributed by atoms with E-state index in [9.17, 15) is 14.4 Å². The van der Waals surface area contributed by atoms with Gasteiger partial charge >= 0.3 is 17.9 Å². The van der Waals surface area contributed by atoms with Gasteiger partial charge in [-0.1, -0.05) is 296 Å². The van der Waals surface area contributed by atoms with E-state index in [4.69, 9.17) is 14.2 Å². The van der Waals surface area contributed by atoms with Gasteiger partial charge in [0.25, 0.3) is 0 Å². The molecule has 1 atom stereocenters. The second kappa shape index (κ2) is 67.3. The predicted octanol–water partition coefficient (Wildman–Crippen LogP) is 23.2. The van der Waals surface area contributed by atoms with Gasteiger partial charge in [-0.25, -0.2) is 0 Å². The highest BCUT2D eigenvalue weighted by atomic mass is 16.6. The molecule has 0 fully saturated rings. The predicted molar refractivity (Wildman–Crippen MR) is 348 cm³/mol. The molecule has 456 valence electrons. The number of carbonyl (C=O) groups is 3. The highest BCUT2D eigenvalue weighted by molar-refractivity contribution is 5.71. The van der Waals surface area contributed by atoms with Crippen molar-refractivity contribution in [2.75, 3.05) is 13.2 Å². The van der Waals surface area contributed by atoms with Gasteiger partial charge in [-0.15, -0.1) is 0 Å². The van der Waals surface area contributed by atoms with Gasteiger partial charge in [0.05, 0.1) is 0 Å². The van der Waals surface area contributed by atoms with Crippen LogP contribution < -0.4 is 0 Å². The van der Waals surface area contributed by atoms with Gasteiger partial charge in [-0.2, -0.15) is 0 Å². The molecule has 0 saturated carbocycles. The number of carbonyl (C=O) groups excluding carboxylic acids is 3. The summed E-state index contributed by atoms with van der Waals surface area (Å²) in [5, 5.41) is 0. The summed E-state index contributed by atoms with van der Waals surface area (Å²) in [6, 6.07) is 0. The minimum Gasteiger partial charge on any atom is -0.462 e. The Bertz CT molecular complexity index is 1650. The minimum atomic E-state index is -0.785. The lowest BCUT2D eigenvalue weighted by Gasteiger charge is -2.18. The maximum Gasteiger partial charge on any atom is 0.306 e. The average molecular weight is 1110 g/mol. The first-order chi connectivity index (χ1) is 39.5. The van der Waals surface area contributed by atoms with Gasteiger partial charge in [0.15, 0.2) is 6.10 Å². The Kier molecular flexibility index (Phi) is 63.8. The number of allylic oxidation sites excluding steroid dienone is 20. The van der Waals surface area contributed by atoms with Crippen LogP contribution in [-0.2, 0) is 28.6 Å². The molecule has 0 spiro atoms. The van der Waals surface area contributed by atoms with Crippen molar-refractivity contribution in [1.29, 1.82) is 0 Å². The van der Waals surface area contributed by atoms with Crippen molar-refractivity contribution in [1.82, 2.24) is 0 Å². The third-order valence-electron chi connectivity index (χ3n) is 14.2. The fraction of sp³-hybridized carbons (Fsp3) is 0.689. The maximum atomic E-state index is 12.9. The molecule has 0 radical (unpaired) electrons. The zero-order chi connectivity index (χ0) is 57.8. The van der Waals surface area contributed by atoms with E-state index in [2.05, 4.69) is 142 Å². The van der Waals surface area contributed by atoms with Gasteiger partial charge in [-0.3, -0.25) is 14.4 Å². The molecule has 0 aliphatic rings. The molecule has 6 heteroatoms. The molecule has 6 nitrogen and oxygen atoms in total. The summed E-state index contributed by atoms with van der Waals surface area (Å²) in [6.45, 7) is 6.51. The van der Waals surface area contributed by atoms with Crippen molar-refractivity contribution in [3.05, 3.63) is 122 Å². The number of ether oxygens (including phenoxy) is 3. The van der Waals surface area contributed by atoms with E-state index in [1.165, 1.54) is 148 Å². The van der Waals surface area contributed by atoms with E-state index in [0.717, 1.165) is 122 Å². The fourth-order valence-electron chi connectivity index (χ4n) is 9.20. The number of hydrogen-bond donors (Lipinski definition) is 0. The van der Waals surface area contributed by atoms with Crippen LogP contribution in [0.5, 0.6) is 0 Å². The molecule has 0 aromatic heterocycles. The molecule has 0 aromatic rings. The Morgan fingerprint density at radius 2 is 0.487 bits per heavy atom. The van der Waals surface area contributed by atoms with Crippen molar-refractivity contribution < 1.29 is 28.6 Å². The van der Waals surface area contributed by atoms with Crippen molar-refractivity contribution >= 4 is 17.9 Å². The van der Waals surface area contributed by atoms with Gasteiger partial charge in [0, 0.05) is 19.3 Å². The van der Waals surface area contributed by atoms with Crippen LogP contribution in [0.3, 0.4) is 0 Å². The van der Waals surface area contributed by atoms with Crippen LogP contribution >= 0.6 is 0 Å². The Labute approximate surface area is 494 Å². The first-order valence-corrected chi connectivity index (χ1v) is 33.5. The highest BCUT2D eigenvalue weighted by Gasteiger charge is 2.19. The largest absolute Gasteiger partial charge is 0.462 e. The number of esters is 3. The summed E-state index contributed by atoms with van der Waals surface area (Å²) in [5.41, 5.74) is 0. The van der Waals surface area contributed by atoms with Crippen LogP contribution in [0.25, 0.3) is 0 Å². The smallest absolute Gasteiger partial charge is 0.306 e. The fourth-order valence-corrected chi connectivity index (χ4v) is 9.20. The van der Waals surface area contributed by atoms with Crippen molar-refractivity contribution in [2.45, 2.75) is 316 Å². The summed E-state index contributed by atoms with van der Waals surface area (Å²) < 4.78 is 16.9. The van der Waals surface area contributed by atoms with Crippen LogP contribution in [0.2, 0.25) is 0 Å². The Hall–Kier alpha value is -4.19. The minimum absolute atomic E-state index is 0.0815. The van der Waals surface area contributed by atoms with Gasteiger partial charge < -0.3 is 14.2 Å². The van der Waals surface area contributed by atoms with Gasteiger partial charge in [-0.05, 0) is 116 Å². The Morgan fingerprint density at radius 3 is 0.775 bits per heavy atom. The molecule has 1 unspecified atom stereocenters. The normalized spacial score (nSPS) is 12.9. The van der Waals surface area contributed by atoms with Gasteiger partial charge in [0.1, 0.15) is 13.2 Å². The molecule has 0 heterocycles. The SMILES string of the molecule is CC/C=C\C/C=C\C/C=C\C/C=C\C/C=C\C/C=C\C/C=C\C/C=C\C/C=C\CCCCCCCCCC(=O)OCC(COC(=O)CCCCCCCCCCCC)OC(=O)CCCCCCCCC/C=C\CCCCCCCC. The molecule has 0 bridgehead atoms. The third kappa shape index (κ3) is 64.6. The van der Waals surface area contributed by atoms with Gasteiger partial charge in [0.2, 0.25) is 0 Å². The summed E-state index contributed by atoms with van der Waals surface area (Å²) in [7, 11) is 0. The van der Waals surface area contributed by atoms with Crippen LogP contribution in [-0.4, -0.2) is 37.2 Å². The van der Waals surface area contributed by atoms with Crippen molar-refractivity contribution in [2.24, 2.45) is 0 Å². The first-order valence-electron chi connectivity index (χ1n) is 33.5. The van der Waals surface area contributed by atoms with E-state index >= 15 is 0 Å². The van der Waals surface area contributed by atoms with Crippen LogP contribution in [0.1, 0.15) is 310 Å². The lowest BCUT2D eigenvalue weighted by atomic mass is 10.1. The summed E-state index contributed by atoms with van der Waals surface area (Å²) in [6.07, 6.45) is 93.6. The number of rotatable bonds is 60. The molecule has 0 amide bonds. The lowest BCUT2D eigenvalue weighted by Crippen LogP contribution is -2.30. The van der Waals surface area contributed by atoms with E-state index in [0.29, 0.717) is 19.3 Å². The second-order valence-electron chi connectivity index (χ2n) is 22.0. The molecule has 80 heavy (non-hydrogen) atoms. The van der Waals surface area contributed by atoms with E-state index in [1.54, 1.807) is 0 Å². The molecule has 0 aliphatic heterocycles. The van der Waals surface area contributed by atoms with Crippen LogP contribution in [0.15, 0.2) is 122 Å². The molecule has 0 aliphatic carbocycles. The zero-order valence-corrected chi connectivity index (χ0v) is 52.3. The Balaban J connectivity index is 4.22. The quantitative estimate of drug-likeness (QED) is 0.0261. The van der Waals surface area contributed by atoms with Crippen molar-refractivity contribution in [3.63, 3.8) is 0 Å². The summed E-state index contributed by atoms with van der Waals surface area (Å²) >= 11 is 0. The second-order valence-corrected chi connectivity index (χ2v) is 22.0. The summed E-state index contributed by atoms with van der Waals surface area (Å²) in [4.78, 5) is 38.2.